The van der Waals surface area contributed by atoms with Gasteiger partial charge in [-0.3, -0.25) is 10.2 Å². The molecule has 25 heavy (non-hydrogen) atoms. The van der Waals surface area contributed by atoms with E-state index < -0.39 is 5.91 Å². The topological polar surface area (TPSA) is 73.8 Å². The molecule has 0 atom stereocenters. The highest BCUT2D eigenvalue weighted by Gasteiger charge is 2.32. The van der Waals surface area contributed by atoms with Crippen LogP contribution in [-0.4, -0.2) is 32.0 Å². The Morgan fingerprint density at radius 1 is 1.20 bits per heavy atom. The second-order valence-electron chi connectivity index (χ2n) is 5.75. The molecule has 0 spiro atoms. The average Bonchev–Trinajstić information content (AvgIpc) is 3.17. The molecule has 0 radical (unpaired) electrons. The molecule has 0 fully saturated rings. The normalized spacial score (nSPS) is 18.1. The number of aliphatic imine (C=N–C) groups is 1. The summed E-state index contributed by atoms with van der Waals surface area (Å²) in [5.74, 6) is -0.348. The van der Waals surface area contributed by atoms with Crippen LogP contribution in [0.25, 0.3) is 11.8 Å². The molecule has 4 rings (SSSR count). The number of hydrogen-bond acceptors (Lipinski definition) is 4. The summed E-state index contributed by atoms with van der Waals surface area (Å²) in [5.41, 5.74) is 5.84. The molecule has 7 heteroatoms. The summed E-state index contributed by atoms with van der Waals surface area (Å²) in [5, 5.41) is 14.2. The van der Waals surface area contributed by atoms with Gasteiger partial charge in [0.2, 0.25) is 0 Å². The monoisotopic (exact) mass is 349 g/mol. The number of amides is 1. The Labute approximate surface area is 149 Å². The highest BCUT2D eigenvalue weighted by Crippen LogP contribution is 2.27. The van der Waals surface area contributed by atoms with Crippen LogP contribution in [0.2, 0.25) is 0 Å². The predicted molar refractivity (Wildman–Crippen MR) is 101 cm³/mol. The van der Waals surface area contributed by atoms with Gasteiger partial charge in [-0.05, 0) is 55.4 Å². The van der Waals surface area contributed by atoms with Gasteiger partial charge in [0.05, 0.1) is 11.1 Å². The fourth-order valence-electron chi connectivity index (χ4n) is 3.00. The quantitative estimate of drug-likeness (QED) is 0.845. The van der Waals surface area contributed by atoms with Gasteiger partial charge in [0.1, 0.15) is 0 Å². The Bertz CT molecular complexity index is 984. The minimum Gasteiger partial charge on any atom is -0.318 e. The molecular formula is C18H15N5OS. The lowest BCUT2D eigenvalue weighted by atomic mass is 10.1. The van der Waals surface area contributed by atoms with Gasteiger partial charge < -0.3 is 4.57 Å². The molecule has 0 saturated heterocycles. The highest BCUT2D eigenvalue weighted by atomic mass is 32.2. The van der Waals surface area contributed by atoms with Gasteiger partial charge in [-0.2, -0.15) is 15.1 Å². The molecule has 124 valence electrons. The van der Waals surface area contributed by atoms with Crippen molar-refractivity contribution in [2.24, 2.45) is 10.1 Å². The third kappa shape index (κ3) is 2.53. The van der Waals surface area contributed by atoms with Gasteiger partial charge in [0.25, 0.3) is 5.91 Å². The van der Waals surface area contributed by atoms with Crippen molar-refractivity contribution in [2.45, 2.75) is 13.8 Å². The van der Waals surface area contributed by atoms with Crippen LogP contribution in [0.1, 0.15) is 17.0 Å². The van der Waals surface area contributed by atoms with E-state index in [1.165, 1.54) is 16.8 Å². The molecule has 6 nitrogen and oxygen atoms in total. The zero-order valence-corrected chi connectivity index (χ0v) is 14.5. The fraction of sp³-hybridized carbons (Fsp3) is 0.111. The number of hydrogen-bond donors (Lipinski definition) is 1. The van der Waals surface area contributed by atoms with Crippen LogP contribution < -0.4 is 0 Å². The Balaban J connectivity index is 1.79. The van der Waals surface area contributed by atoms with Gasteiger partial charge in [-0.15, -0.1) is 0 Å². The predicted octanol–water partition coefficient (Wildman–Crippen LogP) is 3.34. The maximum absolute atomic E-state index is 12.3. The Morgan fingerprint density at radius 2 is 1.96 bits per heavy atom. The number of thioether (sulfide) groups is 1. The zero-order chi connectivity index (χ0) is 17.6. The first kappa shape index (κ1) is 15.6. The molecule has 0 unspecified atom stereocenters. The number of fused-ring (bicyclic) bond motifs is 1. The SMILES string of the molecule is Cc1cc(C=C2C(=N)N3N=CSC3=NC2=O)c(C)n1-c1ccccc1. The first-order valence-corrected chi connectivity index (χ1v) is 8.61. The zero-order valence-electron chi connectivity index (χ0n) is 13.7. The standard InChI is InChI=1S/C18H15N5OS/c1-11-8-13(12(2)22(11)14-6-4-3-5-7-14)9-15-16(19)23-18(21-17(15)24)25-10-20-23/h3-10,19H,1-2H3. The number of nitrogens with zero attached hydrogens (tertiary/aromatic N) is 4. The van der Waals surface area contributed by atoms with Gasteiger partial charge in [0.15, 0.2) is 11.0 Å². The maximum atomic E-state index is 12.3. The van der Waals surface area contributed by atoms with Crippen LogP contribution in [0.5, 0.6) is 0 Å². The number of rotatable bonds is 2. The van der Waals surface area contributed by atoms with E-state index in [1.54, 1.807) is 11.6 Å². The summed E-state index contributed by atoms with van der Waals surface area (Å²) in [6.45, 7) is 4.02. The largest absolute Gasteiger partial charge is 0.318 e. The number of benzene rings is 1. The molecule has 1 amide bonds. The lowest BCUT2D eigenvalue weighted by Gasteiger charge is -2.20. The summed E-state index contributed by atoms with van der Waals surface area (Å²) < 4.78 is 2.13. The molecule has 1 N–H and O–H groups in total. The molecule has 0 bridgehead atoms. The average molecular weight is 349 g/mol. The first-order chi connectivity index (χ1) is 12.1. The van der Waals surface area contributed by atoms with Crippen LogP contribution in [0.3, 0.4) is 0 Å². The number of amidine groups is 2. The summed E-state index contributed by atoms with van der Waals surface area (Å²) in [6.07, 6.45) is 1.73. The number of carbonyl (C=O) groups is 1. The minimum atomic E-state index is -0.404. The number of para-hydroxylation sites is 1. The number of aromatic nitrogens is 1. The van der Waals surface area contributed by atoms with Crippen molar-refractivity contribution in [1.29, 1.82) is 5.41 Å². The van der Waals surface area contributed by atoms with E-state index in [9.17, 15) is 4.79 Å². The third-order valence-corrected chi connectivity index (χ3v) is 4.86. The lowest BCUT2D eigenvalue weighted by molar-refractivity contribution is -0.114. The van der Waals surface area contributed by atoms with Crippen molar-refractivity contribution in [3.63, 3.8) is 0 Å². The van der Waals surface area contributed by atoms with E-state index in [1.807, 2.05) is 50.2 Å². The summed E-state index contributed by atoms with van der Waals surface area (Å²) in [4.78, 5) is 16.3. The lowest BCUT2D eigenvalue weighted by Crippen LogP contribution is -2.35. The Kier molecular flexibility index (Phi) is 3.65. The molecule has 1 aromatic carbocycles. The molecule has 2 aromatic rings. The van der Waals surface area contributed by atoms with Crippen molar-refractivity contribution in [3.8, 4) is 5.69 Å². The second-order valence-corrected chi connectivity index (χ2v) is 6.57. The van der Waals surface area contributed by atoms with Gasteiger partial charge in [-0.1, -0.05) is 18.2 Å². The van der Waals surface area contributed by atoms with Crippen molar-refractivity contribution >= 4 is 40.3 Å². The minimum absolute atomic E-state index is 0.0563. The molecule has 3 heterocycles. The number of hydrazone groups is 1. The van der Waals surface area contributed by atoms with Crippen LogP contribution in [0.15, 0.2) is 52.1 Å². The number of nitrogens with one attached hydrogen (secondary N) is 1. The summed E-state index contributed by atoms with van der Waals surface area (Å²) in [6, 6.07) is 12.1. The van der Waals surface area contributed by atoms with Crippen LogP contribution in [-0.2, 0) is 4.79 Å². The molecular weight excluding hydrogens is 334 g/mol. The first-order valence-electron chi connectivity index (χ1n) is 7.73. The van der Waals surface area contributed by atoms with Gasteiger partial charge in [0, 0.05) is 17.1 Å². The van der Waals surface area contributed by atoms with E-state index in [4.69, 9.17) is 5.41 Å². The summed E-state index contributed by atoms with van der Waals surface area (Å²) >= 11 is 1.24. The van der Waals surface area contributed by atoms with Crippen LogP contribution >= 0.6 is 11.8 Å². The highest BCUT2D eigenvalue weighted by molar-refractivity contribution is 8.25. The van der Waals surface area contributed by atoms with E-state index in [-0.39, 0.29) is 11.4 Å². The van der Waals surface area contributed by atoms with E-state index >= 15 is 0 Å². The van der Waals surface area contributed by atoms with E-state index in [2.05, 4.69) is 14.7 Å². The van der Waals surface area contributed by atoms with Crippen LogP contribution in [0, 0.1) is 19.3 Å². The van der Waals surface area contributed by atoms with Crippen molar-refractivity contribution in [2.75, 3.05) is 0 Å². The Hall–Kier alpha value is -2.93. The van der Waals surface area contributed by atoms with Crippen LogP contribution in [0.4, 0.5) is 0 Å². The van der Waals surface area contributed by atoms with E-state index in [0.717, 1.165) is 22.6 Å². The van der Waals surface area contributed by atoms with E-state index in [0.29, 0.717) is 5.17 Å². The molecule has 0 saturated carbocycles. The van der Waals surface area contributed by atoms with Crippen molar-refractivity contribution in [3.05, 3.63) is 58.9 Å². The Morgan fingerprint density at radius 3 is 2.72 bits per heavy atom. The fourth-order valence-corrected chi connectivity index (χ4v) is 3.61. The smallest absolute Gasteiger partial charge is 0.283 e. The second kappa shape index (κ2) is 5.86. The molecule has 2 aliphatic rings. The number of carbonyl (C=O) groups excluding carboxylic acids is 1. The third-order valence-electron chi connectivity index (χ3n) is 4.18. The van der Waals surface area contributed by atoms with Gasteiger partial charge in [-0.25, -0.2) is 0 Å². The molecule has 2 aliphatic heterocycles. The molecule has 1 aromatic heterocycles. The molecule has 0 aliphatic carbocycles. The van der Waals surface area contributed by atoms with Gasteiger partial charge >= 0.3 is 0 Å². The maximum Gasteiger partial charge on any atom is 0.283 e. The summed E-state index contributed by atoms with van der Waals surface area (Å²) in [7, 11) is 0. The van der Waals surface area contributed by atoms with Crippen molar-refractivity contribution < 1.29 is 4.79 Å². The number of aryl methyl sites for hydroxylation is 1. The van der Waals surface area contributed by atoms with Crippen molar-refractivity contribution in [1.82, 2.24) is 9.58 Å².